The molecule has 1 aromatic carbocycles. The number of hydrogen-bond donors (Lipinski definition) is 1. The maximum absolute atomic E-state index is 10.6. The molecule has 0 amide bonds. The minimum Gasteiger partial charge on any atom is -0.496 e. The Morgan fingerprint density at radius 3 is 2.73 bits per heavy atom. The number of rotatable bonds is 4. The van der Waals surface area contributed by atoms with E-state index >= 15 is 0 Å². The maximum Gasteiger partial charge on any atom is 0.303 e. The predicted octanol–water partition coefficient (Wildman–Crippen LogP) is 2.58. The SMILES string of the molecule is COc1c(C)cccc1C(C)CC(=O)O. The van der Waals surface area contributed by atoms with Crippen molar-refractivity contribution in [2.45, 2.75) is 26.2 Å². The lowest BCUT2D eigenvalue weighted by Gasteiger charge is -2.15. The van der Waals surface area contributed by atoms with Crippen molar-refractivity contribution < 1.29 is 14.6 Å². The Balaban J connectivity index is 3.02. The average Bonchev–Trinajstić information content (AvgIpc) is 2.16. The molecule has 0 fully saturated rings. The van der Waals surface area contributed by atoms with Crippen molar-refractivity contribution in [3.8, 4) is 5.75 Å². The van der Waals surface area contributed by atoms with Gasteiger partial charge in [-0.15, -0.1) is 0 Å². The fourth-order valence-electron chi connectivity index (χ4n) is 1.71. The molecule has 0 heterocycles. The largest absolute Gasteiger partial charge is 0.496 e. The van der Waals surface area contributed by atoms with Gasteiger partial charge in [0.1, 0.15) is 5.75 Å². The highest BCUT2D eigenvalue weighted by Gasteiger charge is 2.15. The van der Waals surface area contributed by atoms with E-state index < -0.39 is 5.97 Å². The zero-order chi connectivity index (χ0) is 11.4. The molecule has 0 spiro atoms. The van der Waals surface area contributed by atoms with E-state index in [0.717, 1.165) is 16.9 Å². The first-order chi connectivity index (χ1) is 7.06. The molecule has 1 rings (SSSR count). The van der Waals surface area contributed by atoms with Crippen LogP contribution in [0.2, 0.25) is 0 Å². The standard InChI is InChI=1S/C12H16O3/c1-8-5-4-6-10(12(8)15-3)9(2)7-11(13)14/h4-6,9H,7H2,1-3H3,(H,13,14). The Labute approximate surface area is 89.7 Å². The molecule has 1 N–H and O–H groups in total. The van der Waals surface area contributed by atoms with Crippen LogP contribution in [0.25, 0.3) is 0 Å². The summed E-state index contributed by atoms with van der Waals surface area (Å²) in [6, 6.07) is 5.79. The van der Waals surface area contributed by atoms with Crippen LogP contribution in [0.15, 0.2) is 18.2 Å². The van der Waals surface area contributed by atoms with Gasteiger partial charge in [0.2, 0.25) is 0 Å². The quantitative estimate of drug-likeness (QED) is 0.827. The van der Waals surface area contributed by atoms with E-state index in [0.29, 0.717) is 0 Å². The molecule has 0 aromatic heterocycles. The van der Waals surface area contributed by atoms with Gasteiger partial charge in [0.25, 0.3) is 0 Å². The van der Waals surface area contributed by atoms with Crippen molar-refractivity contribution in [2.75, 3.05) is 7.11 Å². The second-order valence-corrected chi connectivity index (χ2v) is 3.70. The average molecular weight is 208 g/mol. The Kier molecular flexibility index (Phi) is 3.72. The van der Waals surface area contributed by atoms with Gasteiger partial charge in [0.15, 0.2) is 0 Å². The number of methoxy groups -OCH3 is 1. The van der Waals surface area contributed by atoms with E-state index in [-0.39, 0.29) is 12.3 Å². The summed E-state index contributed by atoms with van der Waals surface area (Å²) in [5.74, 6) is -0.0188. The summed E-state index contributed by atoms with van der Waals surface area (Å²) in [6.45, 7) is 3.85. The van der Waals surface area contributed by atoms with E-state index in [1.54, 1.807) is 7.11 Å². The lowest BCUT2D eigenvalue weighted by Crippen LogP contribution is -2.05. The molecule has 0 aliphatic carbocycles. The van der Waals surface area contributed by atoms with Crippen LogP contribution in [0.5, 0.6) is 5.75 Å². The number of benzene rings is 1. The highest BCUT2D eigenvalue weighted by molar-refractivity contribution is 5.68. The minimum absolute atomic E-state index is 0.0302. The number of aryl methyl sites for hydroxylation is 1. The van der Waals surface area contributed by atoms with E-state index in [1.165, 1.54) is 0 Å². The van der Waals surface area contributed by atoms with Gasteiger partial charge in [-0.05, 0) is 24.0 Å². The molecule has 1 unspecified atom stereocenters. The molecule has 3 nitrogen and oxygen atoms in total. The molecule has 82 valence electrons. The van der Waals surface area contributed by atoms with Gasteiger partial charge in [-0.3, -0.25) is 4.79 Å². The van der Waals surface area contributed by atoms with Gasteiger partial charge in [-0.1, -0.05) is 25.1 Å². The smallest absolute Gasteiger partial charge is 0.303 e. The summed E-state index contributed by atoms with van der Waals surface area (Å²) in [7, 11) is 1.61. The molecule has 0 saturated carbocycles. The highest BCUT2D eigenvalue weighted by Crippen LogP contribution is 2.31. The molecule has 0 aliphatic heterocycles. The molecular weight excluding hydrogens is 192 g/mol. The van der Waals surface area contributed by atoms with E-state index in [2.05, 4.69) is 0 Å². The lowest BCUT2D eigenvalue weighted by atomic mass is 9.95. The van der Waals surface area contributed by atoms with Crippen molar-refractivity contribution in [3.05, 3.63) is 29.3 Å². The van der Waals surface area contributed by atoms with E-state index in [1.807, 2.05) is 32.0 Å². The topological polar surface area (TPSA) is 46.5 Å². The van der Waals surface area contributed by atoms with Crippen molar-refractivity contribution >= 4 is 5.97 Å². The van der Waals surface area contributed by atoms with Crippen molar-refractivity contribution in [1.82, 2.24) is 0 Å². The van der Waals surface area contributed by atoms with Crippen LogP contribution < -0.4 is 4.74 Å². The molecule has 3 heteroatoms. The molecule has 0 saturated heterocycles. The Morgan fingerprint density at radius 2 is 2.20 bits per heavy atom. The monoisotopic (exact) mass is 208 g/mol. The number of carboxylic acid groups (broad SMARTS) is 1. The summed E-state index contributed by atoms with van der Waals surface area (Å²) in [6.07, 6.45) is 0.125. The summed E-state index contributed by atoms with van der Waals surface area (Å²) in [4.78, 5) is 10.6. The van der Waals surface area contributed by atoms with Crippen molar-refractivity contribution in [3.63, 3.8) is 0 Å². The summed E-state index contributed by atoms with van der Waals surface area (Å²) in [5.41, 5.74) is 1.99. The number of ether oxygens (including phenoxy) is 1. The Morgan fingerprint density at radius 1 is 1.53 bits per heavy atom. The third kappa shape index (κ3) is 2.72. The van der Waals surface area contributed by atoms with Gasteiger partial charge in [-0.2, -0.15) is 0 Å². The normalized spacial score (nSPS) is 12.2. The van der Waals surface area contributed by atoms with Crippen LogP contribution in [-0.4, -0.2) is 18.2 Å². The van der Waals surface area contributed by atoms with Crippen LogP contribution in [0, 0.1) is 6.92 Å². The molecular formula is C12H16O3. The minimum atomic E-state index is -0.786. The van der Waals surface area contributed by atoms with Gasteiger partial charge in [0.05, 0.1) is 13.5 Å². The second-order valence-electron chi connectivity index (χ2n) is 3.70. The lowest BCUT2D eigenvalue weighted by molar-refractivity contribution is -0.137. The first-order valence-corrected chi connectivity index (χ1v) is 4.91. The van der Waals surface area contributed by atoms with Crippen molar-refractivity contribution in [2.24, 2.45) is 0 Å². The number of aliphatic carboxylic acids is 1. The van der Waals surface area contributed by atoms with Gasteiger partial charge < -0.3 is 9.84 Å². The molecule has 0 aliphatic rings. The third-order valence-corrected chi connectivity index (χ3v) is 2.46. The van der Waals surface area contributed by atoms with Crippen LogP contribution in [0.3, 0.4) is 0 Å². The number of carboxylic acids is 1. The second kappa shape index (κ2) is 4.82. The summed E-state index contributed by atoms with van der Waals surface area (Å²) in [5, 5.41) is 8.74. The maximum atomic E-state index is 10.6. The first kappa shape index (κ1) is 11.6. The molecule has 0 radical (unpaired) electrons. The molecule has 1 aromatic rings. The summed E-state index contributed by atoms with van der Waals surface area (Å²) >= 11 is 0. The van der Waals surface area contributed by atoms with Crippen molar-refractivity contribution in [1.29, 1.82) is 0 Å². The zero-order valence-corrected chi connectivity index (χ0v) is 9.28. The highest BCUT2D eigenvalue weighted by atomic mass is 16.5. The number of carbonyl (C=O) groups is 1. The van der Waals surface area contributed by atoms with Crippen LogP contribution in [0.1, 0.15) is 30.4 Å². The predicted molar refractivity (Wildman–Crippen MR) is 58.4 cm³/mol. The van der Waals surface area contributed by atoms with Crippen LogP contribution in [-0.2, 0) is 4.79 Å². The van der Waals surface area contributed by atoms with E-state index in [9.17, 15) is 4.79 Å². The van der Waals surface area contributed by atoms with Crippen LogP contribution in [0.4, 0.5) is 0 Å². The fraction of sp³-hybridized carbons (Fsp3) is 0.417. The van der Waals surface area contributed by atoms with Gasteiger partial charge >= 0.3 is 5.97 Å². The molecule has 0 bridgehead atoms. The molecule has 15 heavy (non-hydrogen) atoms. The summed E-state index contributed by atoms with van der Waals surface area (Å²) < 4.78 is 5.29. The fourth-order valence-corrected chi connectivity index (χ4v) is 1.71. The zero-order valence-electron chi connectivity index (χ0n) is 9.28. The van der Waals surface area contributed by atoms with Gasteiger partial charge in [-0.25, -0.2) is 0 Å². The number of hydrogen-bond acceptors (Lipinski definition) is 2. The first-order valence-electron chi connectivity index (χ1n) is 4.91. The Hall–Kier alpha value is -1.51. The number of para-hydroxylation sites is 1. The van der Waals surface area contributed by atoms with Gasteiger partial charge in [0, 0.05) is 0 Å². The van der Waals surface area contributed by atoms with Crippen LogP contribution >= 0.6 is 0 Å². The Bertz CT molecular complexity index is 358. The third-order valence-electron chi connectivity index (χ3n) is 2.46. The molecule has 1 atom stereocenters. The van der Waals surface area contributed by atoms with E-state index in [4.69, 9.17) is 9.84 Å².